The Bertz CT molecular complexity index is 949. The van der Waals surface area contributed by atoms with Crippen LogP contribution in [-0.4, -0.2) is 36.5 Å². The van der Waals surface area contributed by atoms with E-state index < -0.39 is 5.54 Å². The Morgan fingerprint density at radius 1 is 0.967 bits per heavy atom. The van der Waals surface area contributed by atoms with Crippen LogP contribution in [0.2, 0.25) is 20.1 Å². The van der Waals surface area contributed by atoms with Crippen LogP contribution in [0.4, 0.5) is 10.5 Å². The molecule has 0 saturated carbocycles. The fraction of sp³-hybridized carbons (Fsp3) is 0.238. The van der Waals surface area contributed by atoms with Crippen LogP contribution in [0.5, 0.6) is 0 Å². The molecule has 0 bridgehead atoms. The van der Waals surface area contributed by atoms with Gasteiger partial charge in [0.05, 0.1) is 15.6 Å². The van der Waals surface area contributed by atoms with E-state index in [-0.39, 0.29) is 11.9 Å². The fourth-order valence-corrected chi connectivity index (χ4v) is 2.71. The fourth-order valence-electron chi connectivity index (χ4n) is 1.89. The molecule has 0 heterocycles. The maximum absolute atomic E-state index is 11.8. The first-order valence-electron chi connectivity index (χ1n) is 8.54. The van der Waals surface area contributed by atoms with Crippen molar-refractivity contribution in [2.75, 3.05) is 19.4 Å². The summed E-state index contributed by atoms with van der Waals surface area (Å²) in [4.78, 5) is 24.5. The average molecular weight is 489 g/mol. The summed E-state index contributed by atoms with van der Waals surface area (Å²) >= 11 is 23.1. The molecule has 0 atom stereocenters. The molecule has 3 amide bonds. The summed E-state index contributed by atoms with van der Waals surface area (Å²) in [5.41, 5.74) is 0.310. The molecule has 9 heteroatoms. The van der Waals surface area contributed by atoms with Crippen molar-refractivity contribution in [2.45, 2.75) is 19.4 Å². The van der Waals surface area contributed by atoms with Gasteiger partial charge in [-0.05, 0) is 50.2 Å². The summed E-state index contributed by atoms with van der Waals surface area (Å²) in [6.45, 7) is 3.47. The van der Waals surface area contributed by atoms with Gasteiger partial charge in [-0.1, -0.05) is 52.3 Å². The molecular weight excluding hydrogens is 468 g/mol. The van der Waals surface area contributed by atoms with Gasteiger partial charge in [0.1, 0.15) is 0 Å². The molecule has 0 saturated heterocycles. The number of anilines is 1. The van der Waals surface area contributed by atoms with E-state index in [4.69, 9.17) is 52.8 Å². The van der Waals surface area contributed by atoms with Crippen molar-refractivity contribution < 1.29 is 9.59 Å². The van der Waals surface area contributed by atoms with E-state index >= 15 is 0 Å². The number of halogens is 4. The molecule has 0 aliphatic rings. The van der Waals surface area contributed by atoms with Gasteiger partial charge in [-0.2, -0.15) is 0 Å². The molecule has 0 aliphatic carbocycles. The smallest absolute Gasteiger partial charge is 0.321 e. The molecule has 160 valence electrons. The number of hydrogen-bond acceptors (Lipinski definition) is 2. The Hall–Kier alpha value is -2.10. The number of urea groups is 1. The van der Waals surface area contributed by atoms with Crippen molar-refractivity contribution in [2.24, 2.45) is 0 Å². The number of carbonyl (C=O) groups is 2. The maximum atomic E-state index is 11.8. The van der Waals surface area contributed by atoms with Gasteiger partial charge in [0, 0.05) is 35.4 Å². The first-order chi connectivity index (χ1) is 13.8. The van der Waals surface area contributed by atoms with Crippen LogP contribution in [-0.2, 0) is 0 Å². The van der Waals surface area contributed by atoms with Crippen molar-refractivity contribution in [3.8, 4) is 12.3 Å². The molecule has 5 nitrogen and oxygen atoms in total. The molecule has 30 heavy (non-hydrogen) atoms. The summed E-state index contributed by atoms with van der Waals surface area (Å²) in [6, 6.07) is 9.36. The molecule has 2 aromatic rings. The van der Waals surface area contributed by atoms with Crippen LogP contribution in [0.25, 0.3) is 0 Å². The van der Waals surface area contributed by atoms with Crippen LogP contribution in [0.15, 0.2) is 36.4 Å². The summed E-state index contributed by atoms with van der Waals surface area (Å²) in [5, 5.41) is 7.05. The third kappa shape index (κ3) is 8.73. The first-order valence-corrected chi connectivity index (χ1v) is 10.1. The number of carbonyl (C=O) groups excluding carboxylic acids is 2. The zero-order valence-corrected chi connectivity index (χ0v) is 19.8. The molecule has 2 aromatic carbocycles. The molecule has 0 fully saturated rings. The molecule has 2 N–H and O–H groups in total. The lowest BCUT2D eigenvalue weighted by Crippen LogP contribution is -2.42. The van der Waals surface area contributed by atoms with Crippen LogP contribution < -0.4 is 10.6 Å². The van der Waals surface area contributed by atoms with Gasteiger partial charge >= 0.3 is 6.03 Å². The van der Waals surface area contributed by atoms with E-state index in [1.165, 1.54) is 17.0 Å². The van der Waals surface area contributed by atoms with Crippen LogP contribution in [0.1, 0.15) is 24.2 Å². The quantitative estimate of drug-likeness (QED) is 0.503. The minimum absolute atomic E-state index is 0.205. The topological polar surface area (TPSA) is 61.4 Å². The first kappa shape index (κ1) is 25.9. The zero-order chi connectivity index (χ0) is 23.1. The number of nitrogens with one attached hydrogen (secondary N) is 2. The molecule has 2 rings (SSSR count). The Morgan fingerprint density at radius 2 is 1.53 bits per heavy atom. The number of rotatable bonds is 3. The highest BCUT2D eigenvalue weighted by Gasteiger charge is 2.18. The Labute approximate surface area is 196 Å². The maximum Gasteiger partial charge on any atom is 0.321 e. The van der Waals surface area contributed by atoms with Gasteiger partial charge in [-0.3, -0.25) is 4.79 Å². The summed E-state index contributed by atoms with van der Waals surface area (Å²) in [7, 11) is 3.32. The number of hydrogen-bond donors (Lipinski definition) is 2. The van der Waals surface area contributed by atoms with E-state index in [9.17, 15) is 9.59 Å². The van der Waals surface area contributed by atoms with Gasteiger partial charge in [-0.25, -0.2) is 4.79 Å². The lowest BCUT2D eigenvalue weighted by Gasteiger charge is -2.19. The Balaban J connectivity index is 0.000000303. The zero-order valence-electron chi connectivity index (χ0n) is 16.8. The van der Waals surface area contributed by atoms with Crippen LogP contribution in [0, 0.1) is 12.3 Å². The summed E-state index contributed by atoms with van der Waals surface area (Å²) in [6.07, 6.45) is 5.28. The number of amides is 3. The number of nitrogens with zero attached hydrogens (tertiary/aromatic N) is 1. The number of benzene rings is 2. The predicted molar refractivity (Wildman–Crippen MR) is 126 cm³/mol. The largest absolute Gasteiger partial charge is 0.336 e. The van der Waals surface area contributed by atoms with Crippen molar-refractivity contribution in [1.29, 1.82) is 0 Å². The van der Waals surface area contributed by atoms with Crippen molar-refractivity contribution in [3.63, 3.8) is 0 Å². The van der Waals surface area contributed by atoms with Gasteiger partial charge in [-0.15, -0.1) is 6.42 Å². The summed E-state index contributed by atoms with van der Waals surface area (Å²) in [5.74, 6) is 2.17. The second-order valence-electron chi connectivity index (χ2n) is 6.84. The van der Waals surface area contributed by atoms with E-state index in [0.717, 1.165) is 0 Å². The molecule has 0 unspecified atom stereocenters. The number of terminal acetylenes is 1. The predicted octanol–water partition coefficient (Wildman–Crippen LogP) is 6.22. The van der Waals surface area contributed by atoms with Crippen molar-refractivity contribution >= 4 is 64.0 Å². The third-order valence-electron chi connectivity index (χ3n) is 3.49. The van der Waals surface area contributed by atoms with E-state index in [1.807, 2.05) is 0 Å². The van der Waals surface area contributed by atoms with Crippen LogP contribution in [0.3, 0.4) is 0 Å². The molecule has 0 aliphatic heterocycles. The highest BCUT2D eigenvalue weighted by atomic mass is 35.5. The molecule has 0 radical (unpaired) electrons. The highest BCUT2D eigenvalue weighted by Crippen LogP contribution is 2.25. The van der Waals surface area contributed by atoms with Crippen molar-refractivity contribution in [1.82, 2.24) is 10.2 Å². The van der Waals surface area contributed by atoms with Crippen LogP contribution >= 0.6 is 46.4 Å². The lowest BCUT2D eigenvalue weighted by atomic mass is 10.1. The average Bonchev–Trinajstić information content (AvgIpc) is 2.64. The minimum Gasteiger partial charge on any atom is -0.336 e. The minimum atomic E-state index is -0.703. The lowest BCUT2D eigenvalue weighted by molar-refractivity contribution is 0.0930. The Kier molecular flexibility index (Phi) is 9.80. The highest BCUT2D eigenvalue weighted by molar-refractivity contribution is 6.42. The van der Waals surface area contributed by atoms with Gasteiger partial charge in [0.25, 0.3) is 5.91 Å². The normalized spacial score (nSPS) is 10.2. The Morgan fingerprint density at radius 3 is 2.00 bits per heavy atom. The standard InChI is InChI=1S/C12H11Cl2NO.C9H10Cl2N2O/c1-4-12(2,3)15-11(16)8-5-9(13)7-10(14)6-8;1-13(2)9(14)12-6-3-4-7(10)8(11)5-6/h1,5-7H,2-3H3,(H,15,16);3-5H,1-2H3,(H,12,14). The SMILES string of the molecule is C#CC(C)(C)NC(=O)c1cc(Cl)cc(Cl)c1.CN(C)C(=O)Nc1ccc(Cl)c(Cl)c1. The summed E-state index contributed by atoms with van der Waals surface area (Å²) < 4.78 is 0. The second-order valence-corrected chi connectivity index (χ2v) is 8.52. The van der Waals surface area contributed by atoms with E-state index in [2.05, 4.69) is 16.6 Å². The van der Waals surface area contributed by atoms with E-state index in [0.29, 0.717) is 31.3 Å². The molecule has 0 spiro atoms. The van der Waals surface area contributed by atoms with Gasteiger partial charge in [0.15, 0.2) is 0 Å². The van der Waals surface area contributed by atoms with E-state index in [1.54, 1.807) is 52.2 Å². The van der Waals surface area contributed by atoms with Gasteiger partial charge in [0.2, 0.25) is 0 Å². The monoisotopic (exact) mass is 487 g/mol. The van der Waals surface area contributed by atoms with Gasteiger partial charge < -0.3 is 15.5 Å². The molecule has 0 aromatic heterocycles. The van der Waals surface area contributed by atoms with Crippen molar-refractivity contribution in [3.05, 3.63) is 62.1 Å². The molecular formula is C21H21Cl4N3O2. The third-order valence-corrected chi connectivity index (χ3v) is 4.66. The second kappa shape index (κ2) is 11.3.